The number of ether oxygens (including phenoxy) is 1. The van der Waals surface area contributed by atoms with Crippen LogP contribution < -0.4 is 5.73 Å². The second-order valence-corrected chi connectivity index (χ2v) is 1.20. The second-order valence-electron chi connectivity index (χ2n) is 1.20. The summed E-state index contributed by atoms with van der Waals surface area (Å²) in [6.07, 6.45) is 2.74. The normalized spacial score (nSPS) is 5.82. The van der Waals surface area contributed by atoms with Crippen LogP contribution in [0, 0.1) is 0 Å². The predicted molar refractivity (Wildman–Crippen MR) is 48.3 cm³/mol. The van der Waals surface area contributed by atoms with Crippen LogP contribution in [0.3, 0.4) is 0 Å². The van der Waals surface area contributed by atoms with E-state index in [9.17, 15) is 0 Å². The van der Waals surface area contributed by atoms with Crippen molar-refractivity contribution in [1.82, 2.24) is 0 Å². The molecule has 68 valence electrons. The molecule has 0 heterocycles. The Bertz CT molecular complexity index is 65.1. The number of methoxy groups -OCH3 is 1. The molecule has 0 aliphatic heterocycles. The summed E-state index contributed by atoms with van der Waals surface area (Å²) in [7, 11) is 1.31. The zero-order valence-corrected chi connectivity index (χ0v) is 7.67. The molecular weight excluding hydrogens is 142 g/mol. The van der Waals surface area contributed by atoms with E-state index in [0.29, 0.717) is 6.47 Å². The van der Waals surface area contributed by atoms with Crippen molar-refractivity contribution in [2.24, 2.45) is 5.73 Å². The maximum absolute atomic E-state index is 8.95. The Kier molecular flexibility index (Phi) is 53.2. The maximum atomic E-state index is 8.95. The number of hydrogen-bond acceptors (Lipinski definition) is 3. The Morgan fingerprint density at radius 3 is 1.91 bits per heavy atom. The first kappa shape index (κ1) is 16.6. The van der Waals surface area contributed by atoms with Crippen LogP contribution in [0.1, 0.15) is 20.3 Å². The van der Waals surface area contributed by atoms with Crippen molar-refractivity contribution in [2.45, 2.75) is 20.3 Å². The number of carbonyl (C=O) groups excluding carboxylic acids is 1. The van der Waals surface area contributed by atoms with E-state index in [1.807, 2.05) is 13.8 Å². The monoisotopic (exact) mass is 161 g/mol. The van der Waals surface area contributed by atoms with Gasteiger partial charge in [0.25, 0.3) is 6.47 Å². The van der Waals surface area contributed by atoms with E-state index in [0.717, 1.165) is 13.0 Å². The molecule has 0 saturated heterocycles. The highest BCUT2D eigenvalue weighted by Gasteiger charge is 1.61. The Morgan fingerprint density at radius 2 is 1.91 bits per heavy atom. The third-order valence-electron chi connectivity index (χ3n) is 0.467. The van der Waals surface area contributed by atoms with Gasteiger partial charge < -0.3 is 10.5 Å². The van der Waals surface area contributed by atoms with E-state index in [4.69, 9.17) is 10.5 Å². The fraction of sp³-hybridized carbons (Fsp3) is 0.625. The number of rotatable bonds is 3. The fourth-order valence-electron chi connectivity index (χ4n) is 0.118. The van der Waals surface area contributed by atoms with E-state index in [2.05, 4.69) is 11.3 Å². The fourth-order valence-corrected chi connectivity index (χ4v) is 0.118. The molecule has 0 bridgehead atoms. The van der Waals surface area contributed by atoms with Crippen LogP contribution in [-0.4, -0.2) is 20.1 Å². The molecule has 0 fully saturated rings. The van der Waals surface area contributed by atoms with E-state index in [-0.39, 0.29) is 0 Å². The Balaban J connectivity index is -0.0000000965. The molecule has 0 atom stereocenters. The van der Waals surface area contributed by atoms with Gasteiger partial charge in [0, 0.05) is 0 Å². The summed E-state index contributed by atoms with van der Waals surface area (Å²) >= 11 is 0. The quantitative estimate of drug-likeness (QED) is 0.502. The third kappa shape index (κ3) is 100. The van der Waals surface area contributed by atoms with E-state index >= 15 is 0 Å². The molecule has 0 aliphatic rings. The molecule has 0 aliphatic carbocycles. The highest BCUT2D eigenvalue weighted by molar-refractivity contribution is 5.36. The third-order valence-corrected chi connectivity index (χ3v) is 0.467. The van der Waals surface area contributed by atoms with Crippen LogP contribution in [-0.2, 0) is 9.53 Å². The van der Waals surface area contributed by atoms with Gasteiger partial charge in [-0.05, 0) is 13.0 Å². The van der Waals surface area contributed by atoms with Crippen LogP contribution in [0.4, 0.5) is 0 Å². The Labute approximate surface area is 69.2 Å². The summed E-state index contributed by atoms with van der Waals surface area (Å²) in [4.78, 5) is 8.95. The summed E-state index contributed by atoms with van der Waals surface area (Å²) in [5, 5.41) is 0. The van der Waals surface area contributed by atoms with E-state index in [1.165, 1.54) is 7.11 Å². The topological polar surface area (TPSA) is 52.3 Å². The lowest BCUT2D eigenvalue weighted by Crippen LogP contribution is -1.94. The SMILES string of the molecule is C=CCCN.CC.COC=O. The van der Waals surface area contributed by atoms with Gasteiger partial charge in [0.15, 0.2) is 0 Å². The maximum Gasteiger partial charge on any atom is 0.292 e. The standard InChI is InChI=1S/C4H9N.C2H4O2.C2H6/c1-2-3-4-5;1-4-2-3;1-2/h2H,1,3-5H2;2H,1H3;1-2H3. The summed E-state index contributed by atoms with van der Waals surface area (Å²) < 4.78 is 3.86. The lowest BCUT2D eigenvalue weighted by atomic mass is 10.4. The van der Waals surface area contributed by atoms with Crippen molar-refractivity contribution in [3.05, 3.63) is 12.7 Å². The van der Waals surface area contributed by atoms with Gasteiger partial charge >= 0.3 is 0 Å². The van der Waals surface area contributed by atoms with Crippen LogP contribution >= 0.6 is 0 Å². The average molecular weight is 161 g/mol. The van der Waals surface area contributed by atoms with Crippen molar-refractivity contribution in [2.75, 3.05) is 13.7 Å². The van der Waals surface area contributed by atoms with E-state index < -0.39 is 0 Å². The highest BCUT2D eigenvalue weighted by Crippen LogP contribution is 1.66. The molecule has 2 N–H and O–H groups in total. The minimum absolute atomic E-state index is 0.375. The highest BCUT2D eigenvalue weighted by atomic mass is 16.5. The van der Waals surface area contributed by atoms with Crippen molar-refractivity contribution in [1.29, 1.82) is 0 Å². The van der Waals surface area contributed by atoms with Crippen molar-refractivity contribution < 1.29 is 9.53 Å². The van der Waals surface area contributed by atoms with Gasteiger partial charge in [-0.25, -0.2) is 0 Å². The molecule has 0 radical (unpaired) electrons. The van der Waals surface area contributed by atoms with Crippen molar-refractivity contribution in [3.8, 4) is 0 Å². The molecule has 0 aromatic heterocycles. The second kappa shape index (κ2) is 35.2. The summed E-state index contributed by atoms with van der Waals surface area (Å²) in [5.41, 5.74) is 5.07. The first-order chi connectivity index (χ1) is 5.33. The average Bonchev–Trinajstić information content (AvgIpc) is 2.10. The first-order valence-electron chi connectivity index (χ1n) is 3.60. The van der Waals surface area contributed by atoms with Crippen molar-refractivity contribution in [3.63, 3.8) is 0 Å². The summed E-state index contributed by atoms with van der Waals surface area (Å²) in [6.45, 7) is 8.57. The molecule has 0 aromatic carbocycles. The molecule has 0 unspecified atom stereocenters. The van der Waals surface area contributed by atoms with E-state index in [1.54, 1.807) is 6.08 Å². The molecule has 0 amide bonds. The van der Waals surface area contributed by atoms with Gasteiger partial charge in [0.05, 0.1) is 7.11 Å². The molecule has 0 spiro atoms. The van der Waals surface area contributed by atoms with Crippen LogP contribution in [0.25, 0.3) is 0 Å². The molecule has 3 heteroatoms. The minimum atomic E-state index is 0.375. The molecule has 3 nitrogen and oxygen atoms in total. The van der Waals surface area contributed by atoms with Gasteiger partial charge in [-0.2, -0.15) is 0 Å². The van der Waals surface area contributed by atoms with Gasteiger partial charge in [0.1, 0.15) is 0 Å². The number of hydrogen-bond donors (Lipinski definition) is 1. The lowest BCUT2D eigenvalue weighted by molar-refractivity contribution is -0.126. The van der Waals surface area contributed by atoms with Gasteiger partial charge in [-0.3, -0.25) is 4.79 Å². The molecule has 11 heavy (non-hydrogen) atoms. The summed E-state index contributed by atoms with van der Waals surface area (Å²) in [6, 6.07) is 0. The predicted octanol–water partition coefficient (Wildman–Crippen LogP) is 1.34. The summed E-state index contributed by atoms with van der Waals surface area (Å²) in [5.74, 6) is 0. The molecule has 0 saturated carbocycles. The zero-order chi connectivity index (χ0) is 9.54. The smallest absolute Gasteiger partial charge is 0.292 e. The molecule has 0 aromatic rings. The molecule has 0 rings (SSSR count). The Hall–Kier alpha value is -0.830. The Morgan fingerprint density at radius 1 is 1.55 bits per heavy atom. The van der Waals surface area contributed by atoms with Crippen LogP contribution in [0.2, 0.25) is 0 Å². The first-order valence-corrected chi connectivity index (χ1v) is 3.60. The number of nitrogens with two attached hydrogens (primary N) is 1. The lowest BCUT2D eigenvalue weighted by Gasteiger charge is -1.74. The van der Waals surface area contributed by atoms with Gasteiger partial charge in [-0.15, -0.1) is 6.58 Å². The van der Waals surface area contributed by atoms with Crippen molar-refractivity contribution >= 4 is 6.47 Å². The van der Waals surface area contributed by atoms with Crippen LogP contribution in [0.15, 0.2) is 12.7 Å². The largest absolute Gasteiger partial charge is 0.471 e. The van der Waals surface area contributed by atoms with Gasteiger partial charge in [0.2, 0.25) is 0 Å². The zero-order valence-electron chi connectivity index (χ0n) is 7.67. The van der Waals surface area contributed by atoms with Crippen LogP contribution in [0.5, 0.6) is 0 Å². The van der Waals surface area contributed by atoms with Gasteiger partial charge in [-0.1, -0.05) is 19.9 Å². The molecular formula is C8H19NO2. The minimum Gasteiger partial charge on any atom is -0.471 e. The number of carbonyl (C=O) groups is 1.